The summed E-state index contributed by atoms with van der Waals surface area (Å²) in [6.45, 7) is 10.3. The molecule has 0 saturated carbocycles. The zero-order valence-electron chi connectivity index (χ0n) is 19.7. The molecule has 0 spiro atoms. The van der Waals surface area contributed by atoms with Crippen molar-refractivity contribution in [3.05, 3.63) is 63.4 Å². The lowest BCUT2D eigenvalue weighted by atomic mass is 9.92. The van der Waals surface area contributed by atoms with E-state index in [0.717, 1.165) is 48.4 Å². The Bertz CT molecular complexity index is 935. The Hall–Kier alpha value is -2.11. The van der Waals surface area contributed by atoms with Crippen molar-refractivity contribution in [1.82, 2.24) is 10.2 Å². The van der Waals surface area contributed by atoms with Gasteiger partial charge < -0.3 is 10.1 Å². The predicted octanol–water partition coefficient (Wildman–Crippen LogP) is 6.01. The molecule has 1 saturated heterocycles. The molecule has 1 fully saturated rings. The second kappa shape index (κ2) is 10.7. The maximum atomic E-state index is 14.1. The lowest BCUT2D eigenvalue weighted by Gasteiger charge is -2.32. The molecule has 4 nitrogen and oxygen atoms in total. The predicted molar refractivity (Wildman–Crippen MR) is 128 cm³/mol. The number of piperidine rings is 1. The molecule has 1 N–H and O–H groups in total. The fraction of sp³-hybridized carbons (Fsp3) is 0.500. The third kappa shape index (κ3) is 5.62. The number of rotatable bonds is 7. The molecule has 1 heterocycles. The van der Waals surface area contributed by atoms with Gasteiger partial charge in [-0.25, -0.2) is 4.39 Å². The van der Waals surface area contributed by atoms with Crippen LogP contribution in [-0.4, -0.2) is 31.0 Å². The highest BCUT2D eigenvalue weighted by Gasteiger charge is 2.27. The minimum absolute atomic E-state index is 0.0343. The number of halogens is 2. The van der Waals surface area contributed by atoms with Gasteiger partial charge in [0.2, 0.25) is 5.91 Å². The van der Waals surface area contributed by atoms with E-state index in [1.165, 1.54) is 6.07 Å². The van der Waals surface area contributed by atoms with Crippen LogP contribution < -0.4 is 10.1 Å². The molecule has 0 aliphatic carbocycles. The normalized spacial score (nSPS) is 16.2. The number of amides is 1. The average molecular weight is 461 g/mol. The lowest BCUT2D eigenvalue weighted by Crippen LogP contribution is -2.41. The Morgan fingerprint density at radius 3 is 2.50 bits per heavy atom. The van der Waals surface area contributed by atoms with Gasteiger partial charge in [-0.3, -0.25) is 9.69 Å². The van der Waals surface area contributed by atoms with Gasteiger partial charge in [0.1, 0.15) is 11.6 Å². The van der Waals surface area contributed by atoms with E-state index >= 15 is 0 Å². The van der Waals surface area contributed by atoms with E-state index in [1.54, 1.807) is 19.2 Å². The maximum absolute atomic E-state index is 14.1. The van der Waals surface area contributed by atoms with E-state index in [-0.39, 0.29) is 23.7 Å². The molecule has 1 amide bonds. The quantitative estimate of drug-likeness (QED) is 0.550. The first-order valence-corrected chi connectivity index (χ1v) is 11.7. The van der Waals surface area contributed by atoms with E-state index in [9.17, 15) is 9.18 Å². The number of nitrogens with zero attached hydrogens (tertiary/aromatic N) is 1. The Kier molecular flexibility index (Phi) is 8.18. The molecule has 1 atom stereocenters. The van der Waals surface area contributed by atoms with E-state index in [0.29, 0.717) is 23.0 Å². The summed E-state index contributed by atoms with van der Waals surface area (Å²) in [7, 11) is 1.69. The summed E-state index contributed by atoms with van der Waals surface area (Å²) in [6, 6.07) is 8.90. The van der Waals surface area contributed by atoms with Crippen LogP contribution in [0, 0.1) is 18.7 Å². The van der Waals surface area contributed by atoms with E-state index in [2.05, 4.69) is 43.1 Å². The maximum Gasteiger partial charge on any atom is 0.223 e. The van der Waals surface area contributed by atoms with Crippen LogP contribution >= 0.6 is 11.6 Å². The number of ether oxygens (including phenoxy) is 1. The van der Waals surface area contributed by atoms with Crippen LogP contribution in [0.2, 0.25) is 5.02 Å². The average Bonchev–Trinajstić information content (AvgIpc) is 2.76. The number of benzene rings is 2. The van der Waals surface area contributed by atoms with Crippen LogP contribution in [0.15, 0.2) is 30.3 Å². The largest absolute Gasteiger partial charge is 0.496 e. The standard InChI is InChI=1S/C26H34ClFN2O2/c1-16(2)20-14-21(17(3)13-25(20)32-5)18(4)29-26(31)19-9-11-30(12-10-19)15-22-23(27)7-6-8-24(22)28/h6-8,13-14,16,18-19H,9-12,15H2,1-5H3,(H,29,31). The van der Waals surface area contributed by atoms with Gasteiger partial charge in [-0.15, -0.1) is 0 Å². The number of carbonyl (C=O) groups is 1. The number of methoxy groups -OCH3 is 1. The fourth-order valence-electron chi connectivity index (χ4n) is 4.48. The molecule has 0 radical (unpaired) electrons. The fourth-order valence-corrected chi connectivity index (χ4v) is 4.70. The SMILES string of the molecule is COc1cc(C)c(C(C)NC(=O)C2CCN(Cc3c(F)cccc3Cl)CC2)cc1C(C)C. The van der Waals surface area contributed by atoms with Crippen LogP contribution in [0.4, 0.5) is 4.39 Å². The molecule has 3 rings (SSSR count). The van der Waals surface area contributed by atoms with Crippen molar-refractivity contribution in [3.8, 4) is 5.75 Å². The monoisotopic (exact) mass is 460 g/mol. The summed E-state index contributed by atoms with van der Waals surface area (Å²) in [5.74, 6) is 0.999. The van der Waals surface area contributed by atoms with Gasteiger partial charge in [0.15, 0.2) is 0 Å². The minimum Gasteiger partial charge on any atom is -0.496 e. The molecular weight excluding hydrogens is 427 g/mol. The van der Waals surface area contributed by atoms with Crippen LogP contribution in [0.5, 0.6) is 5.75 Å². The van der Waals surface area contributed by atoms with Gasteiger partial charge in [-0.1, -0.05) is 31.5 Å². The Morgan fingerprint density at radius 2 is 1.91 bits per heavy atom. The number of likely N-dealkylation sites (tertiary alicyclic amines) is 1. The summed E-state index contributed by atoms with van der Waals surface area (Å²) < 4.78 is 19.6. The number of hydrogen-bond acceptors (Lipinski definition) is 3. The van der Waals surface area contributed by atoms with E-state index in [1.807, 2.05) is 6.92 Å². The first-order chi connectivity index (χ1) is 15.2. The van der Waals surface area contributed by atoms with Crippen LogP contribution in [0.3, 0.4) is 0 Å². The topological polar surface area (TPSA) is 41.6 Å². The van der Waals surface area contributed by atoms with Crippen molar-refractivity contribution < 1.29 is 13.9 Å². The zero-order chi connectivity index (χ0) is 23.4. The summed E-state index contributed by atoms with van der Waals surface area (Å²) in [4.78, 5) is 15.1. The Morgan fingerprint density at radius 1 is 1.22 bits per heavy atom. The minimum atomic E-state index is -0.276. The molecule has 1 aliphatic heterocycles. The molecular formula is C26H34ClFN2O2. The first-order valence-electron chi connectivity index (χ1n) is 11.3. The Labute approximate surface area is 196 Å². The van der Waals surface area contributed by atoms with Crippen LogP contribution in [-0.2, 0) is 11.3 Å². The number of carbonyl (C=O) groups excluding carboxylic acids is 1. The lowest BCUT2D eigenvalue weighted by molar-refractivity contribution is -0.127. The van der Waals surface area contributed by atoms with Gasteiger partial charge in [0.05, 0.1) is 13.2 Å². The van der Waals surface area contributed by atoms with Gasteiger partial charge in [-0.05, 0) is 86.7 Å². The summed E-state index contributed by atoms with van der Waals surface area (Å²) in [6.07, 6.45) is 1.51. The van der Waals surface area contributed by atoms with Crippen molar-refractivity contribution in [3.63, 3.8) is 0 Å². The highest BCUT2D eigenvalue weighted by Crippen LogP contribution is 2.32. The third-order valence-electron chi connectivity index (χ3n) is 6.47. The van der Waals surface area contributed by atoms with Crippen molar-refractivity contribution in [2.75, 3.05) is 20.2 Å². The highest BCUT2D eigenvalue weighted by atomic mass is 35.5. The summed E-state index contributed by atoms with van der Waals surface area (Å²) >= 11 is 6.17. The van der Waals surface area contributed by atoms with Crippen LogP contribution in [0.1, 0.15) is 67.8 Å². The zero-order valence-corrected chi connectivity index (χ0v) is 20.4. The van der Waals surface area contributed by atoms with Crippen molar-refractivity contribution in [2.45, 2.75) is 59.0 Å². The molecule has 2 aromatic carbocycles. The summed E-state index contributed by atoms with van der Waals surface area (Å²) in [5.41, 5.74) is 3.90. The second-order valence-corrected chi connectivity index (χ2v) is 9.49. The van der Waals surface area contributed by atoms with Crippen molar-refractivity contribution in [2.24, 2.45) is 5.92 Å². The second-order valence-electron chi connectivity index (χ2n) is 9.09. The van der Waals surface area contributed by atoms with Crippen molar-refractivity contribution in [1.29, 1.82) is 0 Å². The first kappa shape index (κ1) is 24.5. The molecule has 0 bridgehead atoms. The molecule has 0 aromatic heterocycles. The van der Waals surface area contributed by atoms with Gasteiger partial charge in [-0.2, -0.15) is 0 Å². The van der Waals surface area contributed by atoms with E-state index < -0.39 is 0 Å². The molecule has 2 aromatic rings. The van der Waals surface area contributed by atoms with Crippen LogP contribution in [0.25, 0.3) is 0 Å². The molecule has 174 valence electrons. The number of aryl methyl sites for hydroxylation is 1. The third-order valence-corrected chi connectivity index (χ3v) is 6.82. The summed E-state index contributed by atoms with van der Waals surface area (Å²) in [5, 5.41) is 3.67. The molecule has 1 unspecified atom stereocenters. The van der Waals surface area contributed by atoms with Gasteiger partial charge >= 0.3 is 0 Å². The van der Waals surface area contributed by atoms with E-state index in [4.69, 9.17) is 16.3 Å². The van der Waals surface area contributed by atoms with Gasteiger partial charge in [0, 0.05) is 23.0 Å². The molecule has 32 heavy (non-hydrogen) atoms. The Balaban J connectivity index is 1.60. The smallest absolute Gasteiger partial charge is 0.223 e. The van der Waals surface area contributed by atoms with Gasteiger partial charge in [0.25, 0.3) is 0 Å². The molecule has 1 aliphatic rings. The number of hydrogen-bond donors (Lipinski definition) is 1. The highest BCUT2D eigenvalue weighted by molar-refractivity contribution is 6.31. The van der Waals surface area contributed by atoms with Crippen molar-refractivity contribution >= 4 is 17.5 Å². The number of nitrogens with one attached hydrogen (secondary N) is 1. The molecule has 6 heteroatoms.